The molecule has 1 aromatic heterocycles. The van der Waals surface area contributed by atoms with Gasteiger partial charge >= 0.3 is 5.69 Å². The largest absolute Gasteiger partial charge is 0.347 e. The number of nitrogens with zero attached hydrogens (tertiary/aromatic N) is 2. The van der Waals surface area contributed by atoms with Crippen LogP contribution in [-0.2, 0) is 17.9 Å². The standard InChI is InChI=1S/C15H18N4O2/c16-11-12-4-1-5-13(10-12)18-14(20)6-2-8-19-9-3-7-17-15(19)21/h1,3-5,7,9-10H,2,6,8,11,16H2,(H,18,20). The molecule has 0 aliphatic rings. The van der Waals surface area contributed by atoms with E-state index >= 15 is 0 Å². The number of aryl methyl sites for hydroxylation is 1. The SMILES string of the molecule is NCc1cccc(NC(=O)CCCn2cccnc2=O)c1. The van der Waals surface area contributed by atoms with Crippen LogP contribution in [0, 0.1) is 0 Å². The van der Waals surface area contributed by atoms with Crippen LogP contribution in [0.25, 0.3) is 0 Å². The van der Waals surface area contributed by atoms with Gasteiger partial charge in [-0.25, -0.2) is 9.78 Å². The normalized spacial score (nSPS) is 10.3. The zero-order valence-corrected chi connectivity index (χ0v) is 11.7. The number of nitrogens with two attached hydrogens (primary N) is 1. The zero-order chi connectivity index (χ0) is 15.1. The number of amides is 1. The van der Waals surface area contributed by atoms with Crippen molar-refractivity contribution in [2.24, 2.45) is 5.73 Å². The van der Waals surface area contributed by atoms with Crippen LogP contribution in [0.5, 0.6) is 0 Å². The maximum Gasteiger partial charge on any atom is 0.347 e. The lowest BCUT2D eigenvalue weighted by Gasteiger charge is -2.07. The first-order chi connectivity index (χ1) is 10.2. The van der Waals surface area contributed by atoms with E-state index in [4.69, 9.17) is 5.73 Å². The third-order valence-electron chi connectivity index (χ3n) is 3.03. The molecule has 0 bridgehead atoms. The summed E-state index contributed by atoms with van der Waals surface area (Å²) in [7, 11) is 0. The van der Waals surface area contributed by atoms with Gasteiger partial charge in [-0.05, 0) is 30.2 Å². The summed E-state index contributed by atoms with van der Waals surface area (Å²) in [6.07, 6.45) is 4.04. The Balaban J connectivity index is 1.82. The van der Waals surface area contributed by atoms with Crippen molar-refractivity contribution in [3.05, 3.63) is 58.8 Å². The first-order valence-corrected chi connectivity index (χ1v) is 6.79. The summed E-state index contributed by atoms with van der Waals surface area (Å²) in [6.45, 7) is 0.913. The minimum absolute atomic E-state index is 0.0823. The quantitative estimate of drug-likeness (QED) is 0.832. The Bertz CT molecular complexity index is 666. The van der Waals surface area contributed by atoms with E-state index in [-0.39, 0.29) is 11.6 Å². The smallest absolute Gasteiger partial charge is 0.326 e. The molecule has 0 unspecified atom stereocenters. The molecule has 0 saturated heterocycles. The minimum Gasteiger partial charge on any atom is -0.326 e. The Morgan fingerprint density at radius 2 is 2.19 bits per heavy atom. The molecule has 21 heavy (non-hydrogen) atoms. The number of anilines is 1. The summed E-state index contributed by atoms with van der Waals surface area (Å²) in [5.74, 6) is -0.0823. The van der Waals surface area contributed by atoms with Crippen molar-refractivity contribution >= 4 is 11.6 Å². The third-order valence-corrected chi connectivity index (χ3v) is 3.03. The van der Waals surface area contributed by atoms with Gasteiger partial charge in [0.05, 0.1) is 0 Å². The van der Waals surface area contributed by atoms with E-state index in [1.165, 1.54) is 10.8 Å². The Labute approximate surface area is 122 Å². The summed E-state index contributed by atoms with van der Waals surface area (Å²) in [6, 6.07) is 9.13. The Morgan fingerprint density at radius 3 is 2.95 bits per heavy atom. The number of carbonyl (C=O) groups excluding carboxylic acids is 1. The maximum atomic E-state index is 11.8. The Kier molecular flexibility index (Phi) is 5.22. The van der Waals surface area contributed by atoms with Crippen LogP contribution in [-0.4, -0.2) is 15.5 Å². The molecule has 110 valence electrons. The predicted molar refractivity (Wildman–Crippen MR) is 80.7 cm³/mol. The topological polar surface area (TPSA) is 90.0 Å². The van der Waals surface area contributed by atoms with Crippen LogP contribution in [0.2, 0.25) is 0 Å². The number of aromatic nitrogens is 2. The molecule has 1 aromatic carbocycles. The third kappa shape index (κ3) is 4.54. The van der Waals surface area contributed by atoms with Crippen LogP contribution in [0.15, 0.2) is 47.5 Å². The van der Waals surface area contributed by atoms with Crippen LogP contribution >= 0.6 is 0 Å². The van der Waals surface area contributed by atoms with E-state index in [1.54, 1.807) is 12.3 Å². The Morgan fingerprint density at radius 1 is 1.33 bits per heavy atom. The average molecular weight is 286 g/mol. The van der Waals surface area contributed by atoms with Crippen molar-refractivity contribution in [1.29, 1.82) is 0 Å². The fraction of sp³-hybridized carbons (Fsp3) is 0.267. The van der Waals surface area contributed by atoms with E-state index < -0.39 is 0 Å². The zero-order valence-electron chi connectivity index (χ0n) is 11.7. The highest BCUT2D eigenvalue weighted by molar-refractivity contribution is 5.90. The van der Waals surface area contributed by atoms with E-state index in [2.05, 4.69) is 10.3 Å². The van der Waals surface area contributed by atoms with Gasteiger partial charge in [-0.3, -0.25) is 9.36 Å². The summed E-state index contributed by atoms with van der Waals surface area (Å²) in [5.41, 5.74) is 6.96. The van der Waals surface area contributed by atoms with Crippen LogP contribution in [0.3, 0.4) is 0 Å². The summed E-state index contributed by atoms with van der Waals surface area (Å²) in [4.78, 5) is 26.9. The van der Waals surface area contributed by atoms with E-state index in [9.17, 15) is 9.59 Å². The molecule has 3 N–H and O–H groups in total. The highest BCUT2D eigenvalue weighted by atomic mass is 16.2. The number of hydrogen-bond acceptors (Lipinski definition) is 4. The molecule has 2 aromatic rings. The van der Waals surface area contributed by atoms with Crippen molar-refractivity contribution in [3.8, 4) is 0 Å². The summed E-state index contributed by atoms with van der Waals surface area (Å²) >= 11 is 0. The Hall–Kier alpha value is -2.47. The van der Waals surface area contributed by atoms with Gasteiger partial charge in [0.25, 0.3) is 0 Å². The molecule has 0 aliphatic heterocycles. The van der Waals surface area contributed by atoms with Gasteiger partial charge in [0.1, 0.15) is 0 Å². The number of carbonyl (C=O) groups is 1. The second-order valence-corrected chi connectivity index (χ2v) is 4.65. The molecule has 1 heterocycles. The van der Waals surface area contributed by atoms with Crippen molar-refractivity contribution in [1.82, 2.24) is 9.55 Å². The minimum atomic E-state index is -0.298. The summed E-state index contributed by atoms with van der Waals surface area (Å²) in [5, 5.41) is 2.82. The van der Waals surface area contributed by atoms with Crippen LogP contribution < -0.4 is 16.7 Å². The van der Waals surface area contributed by atoms with E-state index in [1.807, 2.05) is 24.3 Å². The van der Waals surface area contributed by atoms with Gasteiger partial charge in [-0.15, -0.1) is 0 Å². The molecule has 0 atom stereocenters. The van der Waals surface area contributed by atoms with Gasteiger partial charge in [0.15, 0.2) is 0 Å². The molecule has 1 amide bonds. The van der Waals surface area contributed by atoms with Crippen LogP contribution in [0.1, 0.15) is 18.4 Å². The first kappa shape index (κ1) is 14.9. The number of hydrogen-bond donors (Lipinski definition) is 2. The van der Waals surface area contributed by atoms with Crippen LogP contribution in [0.4, 0.5) is 5.69 Å². The lowest BCUT2D eigenvalue weighted by molar-refractivity contribution is -0.116. The van der Waals surface area contributed by atoms with Gasteiger partial charge in [-0.1, -0.05) is 12.1 Å². The fourth-order valence-corrected chi connectivity index (χ4v) is 1.97. The highest BCUT2D eigenvalue weighted by Crippen LogP contribution is 2.10. The second kappa shape index (κ2) is 7.35. The molecule has 0 aliphatic carbocycles. The second-order valence-electron chi connectivity index (χ2n) is 4.65. The molecule has 0 spiro atoms. The number of rotatable bonds is 6. The lowest BCUT2D eigenvalue weighted by Crippen LogP contribution is -2.22. The molecular formula is C15H18N4O2. The molecule has 2 rings (SSSR count). The molecule has 0 fully saturated rings. The highest BCUT2D eigenvalue weighted by Gasteiger charge is 2.03. The maximum absolute atomic E-state index is 11.8. The van der Waals surface area contributed by atoms with E-state index in [0.717, 1.165) is 11.3 Å². The molecule has 6 nitrogen and oxygen atoms in total. The van der Waals surface area contributed by atoms with E-state index in [0.29, 0.717) is 25.9 Å². The van der Waals surface area contributed by atoms with Gasteiger partial charge in [0.2, 0.25) is 5.91 Å². The number of nitrogens with one attached hydrogen (secondary N) is 1. The lowest BCUT2D eigenvalue weighted by atomic mass is 10.2. The molecule has 6 heteroatoms. The molecule has 0 radical (unpaired) electrons. The summed E-state index contributed by atoms with van der Waals surface area (Å²) < 4.78 is 1.49. The number of benzene rings is 1. The van der Waals surface area contributed by atoms with Gasteiger partial charge < -0.3 is 11.1 Å². The molecule has 0 saturated carbocycles. The van der Waals surface area contributed by atoms with Gasteiger partial charge in [0, 0.05) is 37.6 Å². The van der Waals surface area contributed by atoms with Crippen molar-refractivity contribution in [2.75, 3.05) is 5.32 Å². The first-order valence-electron chi connectivity index (χ1n) is 6.79. The average Bonchev–Trinajstić information content (AvgIpc) is 2.49. The fourth-order valence-electron chi connectivity index (χ4n) is 1.97. The molecular weight excluding hydrogens is 268 g/mol. The van der Waals surface area contributed by atoms with Crippen molar-refractivity contribution in [3.63, 3.8) is 0 Å². The van der Waals surface area contributed by atoms with Crippen molar-refractivity contribution < 1.29 is 4.79 Å². The monoisotopic (exact) mass is 286 g/mol. The van der Waals surface area contributed by atoms with Gasteiger partial charge in [-0.2, -0.15) is 0 Å². The van der Waals surface area contributed by atoms with Crippen molar-refractivity contribution in [2.45, 2.75) is 25.9 Å². The predicted octanol–water partition coefficient (Wildman–Crippen LogP) is 1.12.